The lowest BCUT2D eigenvalue weighted by Gasteiger charge is -2.32. The van der Waals surface area contributed by atoms with Gasteiger partial charge in [0.25, 0.3) is 0 Å². The zero-order valence-electron chi connectivity index (χ0n) is 18.2. The molecule has 7 heteroatoms. The van der Waals surface area contributed by atoms with Crippen LogP contribution in [0.5, 0.6) is 0 Å². The predicted molar refractivity (Wildman–Crippen MR) is 128 cm³/mol. The summed E-state index contributed by atoms with van der Waals surface area (Å²) in [6, 6.07) is 0.598. The van der Waals surface area contributed by atoms with Crippen LogP contribution in [0.3, 0.4) is 0 Å². The van der Waals surface area contributed by atoms with Crippen LogP contribution in [-0.2, 0) is 4.79 Å². The number of hydrogen-bond acceptors (Lipinski definition) is 3. The monoisotopic (exact) mass is 507 g/mol. The quantitative estimate of drug-likeness (QED) is 0.301. The van der Waals surface area contributed by atoms with Gasteiger partial charge in [0.15, 0.2) is 5.96 Å². The number of carbonyl (C=O) groups excluding carboxylic acids is 1. The van der Waals surface area contributed by atoms with Crippen molar-refractivity contribution in [1.29, 1.82) is 0 Å². The molecule has 0 spiro atoms. The van der Waals surface area contributed by atoms with Crippen LogP contribution in [0.1, 0.15) is 64.7 Å². The van der Waals surface area contributed by atoms with Crippen LogP contribution >= 0.6 is 24.0 Å². The zero-order chi connectivity index (χ0) is 19.5. The molecule has 6 nitrogen and oxygen atoms in total. The summed E-state index contributed by atoms with van der Waals surface area (Å²) in [5.41, 5.74) is 0. The third-order valence-corrected chi connectivity index (χ3v) is 6.02. The predicted octanol–water partition coefficient (Wildman–Crippen LogP) is 3.07. The van der Waals surface area contributed by atoms with Gasteiger partial charge in [-0.05, 0) is 58.0 Å². The molecule has 1 atom stereocenters. The summed E-state index contributed by atoms with van der Waals surface area (Å²) >= 11 is 0. The van der Waals surface area contributed by atoms with E-state index in [1.54, 1.807) is 19.0 Å². The van der Waals surface area contributed by atoms with Gasteiger partial charge < -0.3 is 20.4 Å². The van der Waals surface area contributed by atoms with E-state index in [1.807, 2.05) is 0 Å². The van der Waals surface area contributed by atoms with Crippen molar-refractivity contribution in [2.75, 3.05) is 46.8 Å². The number of likely N-dealkylation sites (tertiary alicyclic amines) is 1. The van der Waals surface area contributed by atoms with Crippen molar-refractivity contribution in [2.45, 2.75) is 70.8 Å². The van der Waals surface area contributed by atoms with Gasteiger partial charge in [-0.1, -0.05) is 25.7 Å². The molecule has 2 aliphatic rings. The van der Waals surface area contributed by atoms with E-state index in [-0.39, 0.29) is 36.4 Å². The fourth-order valence-corrected chi connectivity index (χ4v) is 4.04. The maximum atomic E-state index is 11.9. The molecule has 0 aromatic rings. The number of guanidine groups is 1. The first-order chi connectivity index (χ1) is 13.1. The summed E-state index contributed by atoms with van der Waals surface area (Å²) in [6.45, 7) is 6.86. The molecule has 1 aliphatic carbocycles. The van der Waals surface area contributed by atoms with Crippen LogP contribution in [0.15, 0.2) is 4.99 Å². The SMILES string of the molecule is CC(CCNC(=NCC(=O)N(C)C)NCC1CCCCC1)N1CCCCC1.I. The van der Waals surface area contributed by atoms with Crippen molar-refractivity contribution >= 4 is 35.8 Å². The summed E-state index contributed by atoms with van der Waals surface area (Å²) < 4.78 is 0. The Hall–Kier alpha value is -0.570. The van der Waals surface area contributed by atoms with Crippen LogP contribution < -0.4 is 10.6 Å². The maximum absolute atomic E-state index is 11.9. The summed E-state index contributed by atoms with van der Waals surface area (Å²) in [5.74, 6) is 1.57. The number of nitrogens with one attached hydrogen (secondary N) is 2. The van der Waals surface area contributed by atoms with Gasteiger partial charge in [0, 0.05) is 33.2 Å². The van der Waals surface area contributed by atoms with Gasteiger partial charge in [0.05, 0.1) is 0 Å². The van der Waals surface area contributed by atoms with Gasteiger partial charge in [0.1, 0.15) is 6.54 Å². The van der Waals surface area contributed by atoms with E-state index in [0.717, 1.165) is 31.4 Å². The van der Waals surface area contributed by atoms with Gasteiger partial charge in [0.2, 0.25) is 5.91 Å². The molecule has 2 rings (SSSR count). The molecule has 1 amide bonds. The minimum absolute atomic E-state index is 0. The van der Waals surface area contributed by atoms with E-state index in [9.17, 15) is 4.79 Å². The number of halogens is 1. The lowest BCUT2D eigenvalue weighted by Crippen LogP contribution is -2.44. The fraction of sp³-hybridized carbons (Fsp3) is 0.905. The largest absolute Gasteiger partial charge is 0.356 e. The van der Waals surface area contributed by atoms with Crippen LogP contribution in [0.25, 0.3) is 0 Å². The number of aliphatic imine (C=N–C) groups is 1. The first kappa shape index (κ1) is 25.5. The van der Waals surface area contributed by atoms with Crippen molar-refractivity contribution < 1.29 is 4.79 Å². The van der Waals surface area contributed by atoms with Gasteiger partial charge in [-0.25, -0.2) is 4.99 Å². The number of hydrogen-bond donors (Lipinski definition) is 2. The van der Waals surface area contributed by atoms with Crippen LogP contribution in [0.2, 0.25) is 0 Å². The van der Waals surface area contributed by atoms with Crippen molar-refractivity contribution in [3.8, 4) is 0 Å². The Balaban J connectivity index is 0.00000392. The van der Waals surface area contributed by atoms with E-state index in [1.165, 1.54) is 64.5 Å². The first-order valence-corrected chi connectivity index (χ1v) is 11.0. The number of nitrogens with zero attached hydrogens (tertiary/aromatic N) is 3. The van der Waals surface area contributed by atoms with Crippen molar-refractivity contribution in [3.05, 3.63) is 0 Å². The van der Waals surface area contributed by atoms with Crippen molar-refractivity contribution in [3.63, 3.8) is 0 Å². The average molecular weight is 508 g/mol. The number of likely N-dealkylation sites (N-methyl/N-ethyl adjacent to an activating group) is 1. The lowest BCUT2D eigenvalue weighted by molar-refractivity contribution is -0.127. The van der Waals surface area contributed by atoms with E-state index >= 15 is 0 Å². The highest BCUT2D eigenvalue weighted by molar-refractivity contribution is 14.0. The van der Waals surface area contributed by atoms with E-state index in [4.69, 9.17) is 0 Å². The number of carbonyl (C=O) groups is 1. The molecule has 164 valence electrons. The number of piperidine rings is 1. The van der Waals surface area contributed by atoms with E-state index < -0.39 is 0 Å². The Morgan fingerprint density at radius 1 is 1.07 bits per heavy atom. The highest BCUT2D eigenvalue weighted by Gasteiger charge is 2.17. The summed E-state index contributed by atoms with van der Waals surface area (Å²) in [7, 11) is 3.56. The normalized spacial score (nSPS) is 20.2. The Morgan fingerprint density at radius 2 is 1.71 bits per heavy atom. The highest BCUT2D eigenvalue weighted by atomic mass is 127. The van der Waals surface area contributed by atoms with Crippen molar-refractivity contribution in [1.82, 2.24) is 20.4 Å². The molecule has 1 saturated heterocycles. The molecule has 1 aliphatic heterocycles. The second-order valence-electron chi connectivity index (χ2n) is 8.50. The van der Waals surface area contributed by atoms with Gasteiger partial charge in [-0.15, -0.1) is 24.0 Å². The first-order valence-electron chi connectivity index (χ1n) is 11.0. The average Bonchev–Trinajstić information content (AvgIpc) is 2.70. The second kappa shape index (κ2) is 14.4. The standard InChI is InChI=1S/C21H41N5O.HI/c1-18(26-14-8-5-9-15-26)12-13-22-21(24-17-20(27)25(2)3)23-16-19-10-6-4-7-11-19;/h18-19H,4-17H2,1-3H3,(H2,22,23,24);1H. The van der Waals surface area contributed by atoms with Crippen molar-refractivity contribution in [2.24, 2.45) is 10.9 Å². The molecule has 0 radical (unpaired) electrons. The van der Waals surface area contributed by atoms with Gasteiger partial charge in [-0.2, -0.15) is 0 Å². The minimum Gasteiger partial charge on any atom is -0.356 e. The lowest BCUT2D eigenvalue weighted by atomic mass is 9.89. The fourth-order valence-electron chi connectivity index (χ4n) is 4.04. The van der Waals surface area contributed by atoms with E-state index in [0.29, 0.717) is 6.04 Å². The summed E-state index contributed by atoms with van der Waals surface area (Å²) in [5, 5.41) is 6.96. The zero-order valence-corrected chi connectivity index (χ0v) is 20.5. The summed E-state index contributed by atoms with van der Waals surface area (Å²) in [6.07, 6.45) is 11.8. The van der Waals surface area contributed by atoms with E-state index in [2.05, 4.69) is 27.4 Å². The Labute approximate surface area is 189 Å². The highest BCUT2D eigenvalue weighted by Crippen LogP contribution is 2.22. The third kappa shape index (κ3) is 9.76. The van der Waals surface area contributed by atoms with Crippen LogP contribution in [-0.4, -0.2) is 74.5 Å². The Morgan fingerprint density at radius 3 is 2.36 bits per heavy atom. The molecule has 2 N–H and O–H groups in total. The molecule has 1 unspecified atom stereocenters. The van der Waals surface area contributed by atoms with Gasteiger partial charge in [-0.3, -0.25) is 4.79 Å². The molecular formula is C21H42IN5O. The molecule has 1 saturated carbocycles. The molecule has 28 heavy (non-hydrogen) atoms. The number of rotatable bonds is 8. The van der Waals surface area contributed by atoms with Gasteiger partial charge >= 0.3 is 0 Å². The van der Waals surface area contributed by atoms with Crippen LogP contribution in [0.4, 0.5) is 0 Å². The number of amides is 1. The molecular weight excluding hydrogens is 465 g/mol. The summed E-state index contributed by atoms with van der Waals surface area (Å²) in [4.78, 5) is 20.6. The molecule has 2 fully saturated rings. The smallest absolute Gasteiger partial charge is 0.243 e. The molecule has 0 aromatic heterocycles. The molecule has 0 aromatic carbocycles. The topological polar surface area (TPSA) is 60.0 Å². The Bertz CT molecular complexity index is 460. The van der Waals surface area contributed by atoms with Crippen LogP contribution in [0, 0.1) is 5.92 Å². The molecule has 1 heterocycles. The minimum atomic E-state index is 0. The molecule has 0 bridgehead atoms. The Kier molecular flexibility index (Phi) is 13.1. The maximum Gasteiger partial charge on any atom is 0.243 e. The second-order valence-corrected chi connectivity index (χ2v) is 8.50. The third-order valence-electron chi connectivity index (χ3n) is 6.02.